The number of amides is 1. The van der Waals surface area contributed by atoms with Crippen molar-refractivity contribution in [3.63, 3.8) is 0 Å². The second kappa shape index (κ2) is 17.4. The number of rotatable bonds is 17. The highest BCUT2D eigenvalue weighted by Gasteiger charge is 2.43. The first-order valence-electron chi connectivity index (χ1n) is 16.3. The fourth-order valence-electron chi connectivity index (χ4n) is 5.69. The summed E-state index contributed by atoms with van der Waals surface area (Å²) in [7, 11) is 2.09. The third-order valence-electron chi connectivity index (χ3n) is 8.76. The molecule has 3 heterocycles. The fraction of sp³-hybridized carbons (Fsp3) is 0.368. The Labute approximate surface area is 293 Å². The van der Waals surface area contributed by atoms with E-state index in [0.717, 1.165) is 65.6 Å². The predicted molar refractivity (Wildman–Crippen MR) is 201 cm³/mol. The maximum atomic E-state index is 13.7. The Morgan fingerprint density at radius 3 is 2.77 bits per heavy atom. The molecule has 248 valence electrons. The van der Waals surface area contributed by atoms with Gasteiger partial charge in [-0.2, -0.15) is 0 Å². The number of alkyl halides is 1. The van der Waals surface area contributed by atoms with Gasteiger partial charge in [-0.3, -0.25) is 9.78 Å². The van der Waals surface area contributed by atoms with Gasteiger partial charge in [-0.25, -0.2) is 9.97 Å². The van der Waals surface area contributed by atoms with E-state index >= 15 is 0 Å². The van der Waals surface area contributed by atoms with Gasteiger partial charge in [-0.15, -0.1) is 0 Å². The van der Waals surface area contributed by atoms with Crippen LogP contribution in [-0.4, -0.2) is 51.2 Å². The number of unbranched alkanes of at least 4 members (excludes halogenated alkanes) is 3. The number of carbonyl (C=O) groups is 1. The van der Waals surface area contributed by atoms with E-state index < -0.39 is 5.41 Å². The van der Waals surface area contributed by atoms with Crippen molar-refractivity contribution in [1.29, 1.82) is 0 Å². The number of nitrogens with zero attached hydrogens (tertiary/aromatic N) is 5. The molecule has 3 aromatic rings. The Morgan fingerprint density at radius 1 is 1.19 bits per heavy atom. The monoisotopic (exact) mass is 716 g/mol. The van der Waals surface area contributed by atoms with E-state index in [9.17, 15) is 4.79 Å². The van der Waals surface area contributed by atoms with Crippen molar-refractivity contribution in [2.24, 2.45) is 5.41 Å². The van der Waals surface area contributed by atoms with Crippen molar-refractivity contribution < 1.29 is 4.79 Å². The first kappa shape index (κ1) is 36.1. The van der Waals surface area contributed by atoms with Crippen molar-refractivity contribution in [1.82, 2.24) is 19.9 Å². The van der Waals surface area contributed by atoms with Gasteiger partial charge in [0.1, 0.15) is 0 Å². The first-order chi connectivity index (χ1) is 22.7. The summed E-state index contributed by atoms with van der Waals surface area (Å²) < 4.78 is 0. The summed E-state index contributed by atoms with van der Waals surface area (Å²) in [6.45, 7) is 13.6. The highest BCUT2D eigenvalue weighted by Crippen LogP contribution is 2.38. The minimum Gasteiger partial charge on any atom is -0.378 e. The Morgan fingerprint density at radius 2 is 2.00 bits per heavy atom. The molecule has 0 bridgehead atoms. The number of aromatic nitrogens is 3. The van der Waals surface area contributed by atoms with E-state index in [2.05, 4.69) is 69.3 Å². The quantitative estimate of drug-likeness (QED) is 0.0852. The molecule has 0 spiro atoms. The lowest BCUT2D eigenvalue weighted by atomic mass is 9.85. The molecule has 4 rings (SSSR count). The SMILES string of the molecule is C=C/C=C\C(=C/C)c1cccc(-c2nc(Nc3cncc(N4CCC(C)(CCN(C)C(=C)CCCCCCBr)C4=O)c3)ncc2Cl)c1. The van der Waals surface area contributed by atoms with Crippen LogP contribution in [0.25, 0.3) is 16.8 Å². The number of halogens is 2. The van der Waals surface area contributed by atoms with E-state index in [1.165, 1.54) is 19.3 Å². The number of pyridine rings is 1. The Hall–Kier alpha value is -3.75. The van der Waals surface area contributed by atoms with Crippen LogP contribution in [0.1, 0.15) is 64.4 Å². The zero-order chi connectivity index (χ0) is 33.8. The van der Waals surface area contributed by atoms with Crippen molar-refractivity contribution >= 4 is 56.3 Å². The Balaban J connectivity index is 1.42. The van der Waals surface area contributed by atoms with Gasteiger partial charge in [-0.05, 0) is 62.3 Å². The van der Waals surface area contributed by atoms with Crippen LogP contribution in [0.5, 0.6) is 0 Å². The van der Waals surface area contributed by atoms with Gasteiger partial charge < -0.3 is 15.1 Å². The van der Waals surface area contributed by atoms with Gasteiger partial charge in [0.05, 0.1) is 46.1 Å². The van der Waals surface area contributed by atoms with E-state index in [1.807, 2.05) is 54.3 Å². The van der Waals surface area contributed by atoms with Crippen molar-refractivity contribution in [3.05, 3.63) is 103 Å². The minimum absolute atomic E-state index is 0.124. The molecule has 1 N–H and O–H groups in total. The largest absolute Gasteiger partial charge is 0.378 e. The molecule has 2 aromatic heterocycles. The van der Waals surface area contributed by atoms with Gasteiger partial charge in [0, 0.05) is 36.7 Å². The van der Waals surface area contributed by atoms with Crippen molar-refractivity contribution in [2.75, 3.05) is 35.7 Å². The van der Waals surface area contributed by atoms with Gasteiger partial charge in [-0.1, -0.05) is 103 Å². The Kier molecular flexibility index (Phi) is 13.4. The fourth-order valence-corrected chi connectivity index (χ4v) is 6.29. The van der Waals surface area contributed by atoms with Crippen LogP contribution in [0, 0.1) is 5.41 Å². The first-order valence-corrected chi connectivity index (χ1v) is 17.8. The standard InChI is InChI=1S/C38H46BrClN6O/c1-6-8-15-29(7-2)30-16-13-17-31(23-30)35-34(40)27-42-37(44-35)43-32-24-33(26-41-25-32)46-22-19-38(4,36(46)47)18-21-45(5)28(3)14-11-9-10-12-20-39/h6-8,13,15-17,23-27H,1,3,9-12,14,18-22H2,2,4-5H3,(H,42,43,44)/b15-8-,29-7+. The van der Waals surface area contributed by atoms with E-state index in [4.69, 9.17) is 16.6 Å². The molecule has 1 aliphatic heterocycles. The van der Waals surface area contributed by atoms with Crippen LogP contribution in [0.15, 0.2) is 92.1 Å². The average Bonchev–Trinajstić information content (AvgIpc) is 3.38. The molecule has 9 heteroatoms. The highest BCUT2D eigenvalue weighted by molar-refractivity contribution is 9.09. The predicted octanol–water partition coefficient (Wildman–Crippen LogP) is 10.0. The van der Waals surface area contributed by atoms with Crippen LogP contribution in [0.2, 0.25) is 5.02 Å². The van der Waals surface area contributed by atoms with Crippen LogP contribution in [0.4, 0.5) is 17.3 Å². The summed E-state index contributed by atoms with van der Waals surface area (Å²) in [5.41, 5.74) is 5.73. The number of nitrogens with one attached hydrogen (secondary N) is 1. The topological polar surface area (TPSA) is 74.2 Å². The molecule has 0 radical (unpaired) electrons. The van der Waals surface area contributed by atoms with Crippen LogP contribution in [-0.2, 0) is 4.79 Å². The molecular formula is C38H46BrClN6O. The van der Waals surface area contributed by atoms with Gasteiger partial charge in [0.25, 0.3) is 0 Å². The molecule has 7 nitrogen and oxygen atoms in total. The number of carbonyl (C=O) groups excluding carboxylic acids is 1. The lowest BCUT2D eigenvalue weighted by Gasteiger charge is -2.28. The van der Waals surface area contributed by atoms with Crippen molar-refractivity contribution in [2.45, 2.75) is 58.8 Å². The molecule has 0 aliphatic carbocycles. The lowest BCUT2D eigenvalue weighted by Crippen LogP contribution is -2.35. The molecule has 1 aliphatic rings. The van der Waals surface area contributed by atoms with Crippen LogP contribution in [0.3, 0.4) is 0 Å². The summed E-state index contributed by atoms with van der Waals surface area (Å²) in [5, 5.41) is 4.78. The third kappa shape index (κ3) is 9.64. The maximum absolute atomic E-state index is 13.7. The number of hydrogen-bond acceptors (Lipinski definition) is 6. The molecule has 0 saturated carbocycles. The number of anilines is 3. The number of hydrogen-bond donors (Lipinski definition) is 1. The van der Waals surface area contributed by atoms with Gasteiger partial charge in [0.15, 0.2) is 0 Å². The molecule has 1 atom stereocenters. The van der Waals surface area contributed by atoms with E-state index in [-0.39, 0.29) is 5.91 Å². The molecule has 1 unspecified atom stereocenters. The summed E-state index contributed by atoms with van der Waals surface area (Å²) in [5.74, 6) is 0.508. The second-order valence-corrected chi connectivity index (χ2v) is 13.4. The molecular weight excluding hydrogens is 672 g/mol. The van der Waals surface area contributed by atoms with Crippen LogP contribution < -0.4 is 10.2 Å². The van der Waals surface area contributed by atoms with E-state index in [1.54, 1.807) is 24.7 Å². The van der Waals surface area contributed by atoms with Gasteiger partial charge >= 0.3 is 0 Å². The minimum atomic E-state index is -0.440. The highest BCUT2D eigenvalue weighted by atomic mass is 79.9. The number of benzene rings is 1. The number of allylic oxidation sites excluding steroid dienone is 6. The smallest absolute Gasteiger partial charge is 0.233 e. The second-order valence-electron chi connectivity index (χ2n) is 12.2. The summed E-state index contributed by atoms with van der Waals surface area (Å²) >= 11 is 10.1. The third-order valence-corrected chi connectivity index (χ3v) is 9.60. The van der Waals surface area contributed by atoms with Gasteiger partial charge in [0.2, 0.25) is 11.9 Å². The summed E-state index contributed by atoms with van der Waals surface area (Å²) in [6, 6.07) is 9.98. The lowest BCUT2D eigenvalue weighted by molar-refractivity contribution is -0.125. The molecule has 1 saturated heterocycles. The summed E-state index contributed by atoms with van der Waals surface area (Å²) in [6.07, 6.45) is 20.1. The Bertz CT molecular complexity index is 1620. The molecule has 1 amide bonds. The normalized spacial score (nSPS) is 16.6. The van der Waals surface area contributed by atoms with Crippen LogP contribution >= 0.6 is 27.5 Å². The maximum Gasteiger partial charge on any atom is 0.233 e. The molecule has 47 heavy (non-hydrogen) atoms. The zero-order valence-electron chi connectivity index (χ0n) is 27.8. The van der Waals surface area contributed by atoms with Crippen molar-refractivity contribution in [3.8, 4) is 11.3 Å². The van der Waals surface area contributed by atoms with E-state index in [0.29, 0.717) is 28.9 Å². The average molecular weight is 718 g/mol. The zero-order valence-corrected chi connectivity index (χ0v) is 30.2. The molecule has 1 aromatic carbocycles. The molecule has 1 fully saturated rings. The summed E-state index contributed by atoms with van der Waals surface area (Å²) in [4.78, 5) is 31.4.